The summed E-state index contributed by atoms with van der Waals surface area (Å²) < 4.78 is 29.6. The first-order chi connectivity index (χ1) is 17.1. The summed E-state index contributed by atoms with van der Waals surface area (Å²) >= 11 is 5.72. The minimum Gasteiger partial charge on any atom is -0.393 e. The van der Waals surface area contributed by atoms with Crippen molar-refractivity contribution in [2.24, 2.45) is 0 Å². The molecule has 2 aromatic rings. The highest BCUT2D eigenvalue weighted by atomic mass is 35.5. The maximum Gasteiger partial charge on any atom is 0.348 e. The number of hydrogen-bond donors (Lipinski definition) is 1. The van der Waals surface area contributed by atoms with Crippen LogP contribution in [-0.2, 0) is 26.9 Å². The van der Waals surface area contributed by atoms with Crippen molar-refractivity contribution in [2.45, 2.75) is 35.5 Å². The molecule has 176 valence electrons. The number of carbonyl (C=O) groups excluding carboxylic acids is 4. The first-order valence-corrected chi connectivity index (χ1v) is 11.1. The third-order valence-electron chi connectivity index (χ3n) is 6.47. The van der Waals surface area contributed by atoms with Gasteiger partial charge in [-0.05, 0) is 29.3 Å². The fourth-order valence-electron chi connectivity index (χ4n) is 4.29. The van der Waals surface area contributed by atoms with Crippen LogP contribution < -0.4 is 5.32 Å². The van der Waals surface area contributed by atoms with Gasteiger partial charge < -0.3 is 9.71 Å². The summed E-state index contributed by atoms with van der Waals surface area (Å²) in [6.07, 6.45) is -0.530. The zero-order valence-electron chi connectivity index (χ0n) is 19.1. The lowest BCUT2D eigenvalue weighted by Crippen LogP contribution is -2.70. The Hall–Kier alpha value is -3.01. The Labute approximate surface area is 222 Å². The maximum atomic E-state index is 14.8. The monoisotopic (exact) mass is 511 g/mol. The Morgan fingerprint density at radius 1 is 1.11 bits per heavy atom. The first kappa shape index (κ1) is 27.0. The van der Waals surface area contributed by atoms with Crippen molar-refractivity contribution in [3.63, 3.8) is 0 Å². The predicted molar refractivity (Wildman–Crippen MR) is 133 cm³/mol. The van der Waals surface area contributed by atoms with Gasteiger partial charge in [0.25, 0.3) is 11.8 Å². The number of nitrogens with zero attached hydrogens (tertiary/aromatic N) is 2. The van der Waals surface area contributed by atoms with Gasteiger partial charge in [-0.3, -0.25) is 24.5 Å². The van der Waals surface area contributed by atoms with Gasteiger partial charge in [-0.15, -0.1) is 0 Å². The summed E-state index contributed by atoms with van der Waals surface area (Å²) in [6.45, 7) is -0.275. The second kappa shape index (κ2) is 9.08. The summed E-state index contributed by atoms with van der Waals surface area (Å²) in [6, 6.07) is 8.36. The van der Waals surface area contributed by atoms with Crippen molar-refractivity contribution in [1.29, 1.82) is 0 Å². The molecular formula is C22H13B5ClF2N3O4. The number of carbonyl (C=O) groups is 4. The molecular weight excluding hydrogens is 498 g/mol. The standard InChI is InChI=1S/C22H13B5ClF2N3O4/c23-16(33(27)19(37)21(29,30)12-2-4-13(28)5-3-12)10-1-6-14-11(7-10)9-32(17(14)35)22(26)18(36)31-15(34)8-20(22,24)25/h1-7,16H,8-9H2,(H,31,34,36)/t16?,22-/m0/s1. The van der Waals surface area contributed by atoms with Crippen LogP contribution in [0.25, 0.3) is 0 Å². The number of alkyl halides is 2. The molecule has 0 aliphatic carbocycles. The minimum absolute atomic E-state index is 0.0997. The van der Waals surface area contributed by atoms with Crippen LogP contribution in [0.3, 0.4) is 0 Å². The number of hydrogen-bond acceptors (Lipinski definition) is 4. The zero-order valence-corrected chi connectivity index (χ0v) is 19.8. The number of benzene rings is 2. The van der Waals surface area contributed by atoms with Crippen molar-refractivity contribution in [3.05, 3.63) is 69.7 Å². The van der Waals surface area contributed by atoms with Gasteiger partial charge in [0, 0.05) is 35.1 Å². The van der Waals surface area contributed by atoms with Gasteiger partial charge in [-0.25, -0.2) is 0 Å². The van der Waals surface area contributed by atoms with Gasteiger partial charge in [0.1, 0.15) is 15.7 Å². The molecule has 2 aliphatic heterocycles. The van der Waals surface area contributed by atoms with Crippen LogP contribution in [0, 0.1) is 0 Å². The fourth-order valence-corrected chi connectivity index (χ4v) is 4.42. The maximum absolute atomic E-state index is 14.8. The van der Waals surface area contributed by atoms with E-state index in [0.29, 0.717) is 0 Å². The zero-order chi connectivity index (χ0) is 27.5. The summed E-state index contributed by atoms with van der Waals surface area (Å²) in [5.41, 5.74) is -2.42. The van der Waals surface area contributed by atoms with E-state index in [4.69, 9.17) is 51.0 Å². The Morgan fingerprint density at radius 2 is 1.73 bits per heavy atom. The molecule has 1 N–H and O–H groups in total. The van der Waals surface area contributed by atoms with E-state index in [0.717, 1.165) is 17.0 Å². The Kier molecular flexibility index (Phi) is 6.63. The molecule has 0 spiro atoms. The Morgan fingerprint density at radius 3 is 2.32 bits per heavy atom. The fraction of sp³-hybridized carbons (Fsp3) is 0.273. The smallest absolute Gasteiger partial charge is 0.348 e. The van der Waals surface area contributed by atoms with E-state index in [1.807, 2.05) is 5.32 Å². The number of amides is 4. The molecule has 1 saturated heterocycles. The molecule has 37 heavy (non-hydrogen) atoms. The van der Waals surface area contributed by atoms with Crippen LogP contribution in [-0.4, -0.2) is 78.1 Å². The van der Waals surface area contributed by atoms with Crippen molar-refractivity contribution in [3.8, 4) is 0 Å². The van der Waals surface area contributed by atoms with E-state index in [1.165, 1.54) is 30.3 Å². The second-order valence-electron chi connectivity index (χ2n) is 8.91. The van der Waals surface area contributed by atoms with Crippen LogP contribution in [0.4, 0.5) is 8.78 Å². The molecule has 7 nitrogen and oxygen atoms in total. The minimum atomic E-state index is -4.01. The number of piperidine rings is 1. The van der Waals surface area contributed by atoms with Crippen LogP contribution in [0.2, 0.25) is 10.2 Å². The van der Waals surface area contributed by atoms with Gasteiger partial charge in [-0.2, -0.15) is 8.78 Å². The highest BCUT2D eigenvalue weighted by Gasteiger charge is 2.56. The van der Waals surface area contributed by atoms with Gasteiger partial charge in [0.2, 0.25) is 19.8 Å². The van der Waals surface area contributed by atoms with Crippen LogP contribution in [0.15, 0.2) is 42.5 Å². The quantitative estimate of drug-likeness (QED) is 0.470. The molecule has 0 bridgehead atoms. The highest BCUT2D eigenvalue weighted by Crippen LogP contribution is 2.45. The normalized spacial score (nSPS) is 21.8. The van der Waals surface area contributed by atoms with E-state index >= 15 is 0 Å². The molecule has 15 heteroatoms. The van der Waals surface area contributed by atoms with Gasteiger partial charge in [0.15, 0.2) is 0 Å². The highest BCUT2D eigenvalue weighted by molar-refractivity contribution is 6.52. The number of fused-ring (bicyclic) bond motifs is 1. The average molecular weight is 511 g/mol. The molecule has 0 aromatic heterocycles. The van der Waals surface area contributed by atoms with Crippen LogP contribution >= 0.6 is 11.6 Å². The number of rotatable bonds is 5. The number of halogens is 3. The second-order valence-corrected chi connectivity index (χ2v) is 9.34. The molecule has 2 aliphatic rings. The SMILES string of the molecule is [B]C(c1ccc2c(c1)CN([C@@]1([B])C(=O)NC(=O)CC1([B])[B])C2=O)N([B])C(=O)C(F)(F)c1ccc(Cl)cc1. The first-order valence-electron chi connectivity index (χ1n) is 10.7. The van der Waals surface area contributed by atoms with Crippen LogP contribution in [0.1, 0.15) is 39.4 Å². The lowest BCUT2D eigenvalue weighted by atomic mass is 9.36. The largest absolute Gasteiger partial charge is 0.393 e. The summed E-state index contributed by atoms with van der Waals surface area (Å²) in [4.78, 5) is 51.1. The van der Waals surface area contributed by atoms with Crippen LogP contribution in [0.5, 0.6) is 0 Å². The molecule has 1 fully saturated rings. The Balaban J connectivity index is 1.59. The third kappa shape index (κ3) is 4.29. The molecule has 4 rings (SSSR count). The van der Waals surface area contributed by atoms with E-state index in [-0.39, 0.29) is 33.1 Å². The third-order valence-corrected chi connectivity index (χ3v) is 6.72. The van der Waals surface area contributed by atoms with Gasteiger partial charge in [0.05, 0.1) is 21.1 Å². The average Bonchev–Trinajstić information content (AvgIpc) is 3.16. The molecule has 1 unspecified atom stereocenters. The lowest BCUT2D eigenvalue weighted by Gasteiger charge is -2.52. The van der Waals surface area contributed by atoms with E-state index in [9.17, 15) is 28.0 Å². The number of nitrogens with one attached hydrogen (secondary N) is 1. The molecule has 4 amide bonds. The summed E-state index contributed by atoms with van der Waals surface area (Å²) in [5, 5.41) is 0.137. The van der Waals surface area contributed by atoms with Crippen molar-refractivity contribution >= 4 is 74.6 Å². The summed E-state index contributed by atoms with van der Waals surface area (Å²) in [5.74, 6) is -9.85. The lowest BCUT2D eigenvalue weighted by molar-refractivity contribution is -0.154. The summed E-state index contributed by atoms with van der Waals surface area (Å²) in [7, 11) is 29.9. The van der Waals surface area contributed by atoms with Gasteiger partial charge in [-0.1, -0.05) is 41.1 Å². The van der Waals surface area contributed by atoms with Crippen molar-refractivity contribution < 1.29 is 28.0 Å². The Bertz CT molecular complexity index is 1330. The van der Waals surface area contributed by atoms with Gasteiger partial charge >= 0.3 is 5.92 Å². The molecule has 10 radical (unpaired) electrons. The molecule has 2 aromatic carbocycles. The molecule has 0 saturated carbocycles. The molecule has 2 heterocycles. The van der Waals surface area contributed by atoms with Crippen molar-refractivity contribution in [2.75, 3.05) is 0 Å². The predicted octanol–water partition coefficient (Wildman–Crippen LogP) is 0.532. The molecule has 2 atom stereocenters. The number of imide groups is 1. The van der Waals surface area contributed by atoms with Crippen molar-refractivity contribution in [1.82, 2.24) is 15.0 Å². The topological polar surface area (TPSA) is 86.8 Å². The van der Waals surface area contributed by atoms with E-state index in [1.54, 1.807) is 0 Å². The van der Waals surface area contributed by atoms with E-state index < -0.39 is 58.1 Å². The van der Waals surface area contributed by atoms with E-state index in [2.05, 4.69) is 0 Å².